The van der Waals surface area contributed by atoms with E-state index in [2.05, 4.69) is 26.1 Å². The van der Waals surface area contributed by atoms with Crippen LogP contribution in [0.4, 0.5) is 11.5 Å². The lowest BCUT2D eigenvalue weighted by atomic mass is 10.2. The Morgan fingerprint density at radius 2 is 1.84 bits per heavy atom. The van der Waals surface area contributed by atoms with Gasteiger partial charge in [0.2, 0.25) is 0 Å². The summed E-state index contributed by atoms with van der Waals surface area (Å²) in [5.74, 6) is 1.19. The summed E-state index contributed by atoms with van der Waals surface area (Å²) in [5, 5.41) is 8.43. The van der Waals surface area contributed by atoms with E-state index in [0.717, 1.165) is 50.9 Å². The number of carbonyl (C=O) groups excluding carboxylic acids is 1. The second kappa shape index (κ2) is 7.10. The number of amides is 1. The number of piperazine rings is 1. The second-order valence-corrected chi connectivity index (χ2v) is 6.13. The van der Waals surface area contributed by atoms with Crippen molar-refractivity contribution in [1.82, 2.24) is 15.1 Å². The molecule has 2 aromatic rings. The van der Waals surface area contributed by atoms with Crippen molar-refractivity contribution < 1.29 is 13.9 Å². The number of morpholine rings is 1. The average Bonchev–Trinajstić information content (AvgIpc) is 3.23. The molecule has 2 aliphatic heterocycles. The predicted molar refractivity (Wildman–Crippen MR) is 91.9 cm³/mol. The number of hydrogen-bond donors (Lipinski definition) is 0. The quantitative estimate of drug-likeness (QED) is 0.818. The Morgan fingerprint density at radius 3 is 2.56 bits per heavy atom. The maximum atomic E-state index is 12.3. The minimum Gasteiger partial charge on any atom is -0.459 e. The molecule has 0 aromatic carbocycles. The van der Waals surface area contributed by atoms with E-state index >= 15 is 0 Å². The van der Waals surface area contributed by atoms with Gasteiger partial charge in [0.05, 0.1) is 31.4 Å². The summed E-state index contributed by atoms with van der Waals surface area (Å²) < 4.78 is 10.6. The minimum atomic E-state index is -0.0576. The number of carbonyl (C=O) groups is 1. The smallest absolute Gasteiger partial charge is 0.289 e. The molecule has 0 saturated carbocycles. The van der Waals surface area contributed by atoms with Crippen molar-refractivity contribution in [2.75, 3.05) is 62.3 Å². The van der Waals surface area contributed by atoms with E-state index in [9.17, 15) is 4.79 Å². The summed E-state index contributed by atoms with van der Waals surface area (Å²) in [5.41, 5.74) is 1.07. The summed E-state index contributed by atoms with van der Waals surface area (Å²) in [6, 6.07) is 5.50. The van der Waals surface area contributed by atoms with Gasteiger partial charge in [0.1, 0.15) is 0 Å². The van der Waals surface area contributed by atoms with Gasteiger partial charge in [-0.25, -0.2) is 0 Å². The first-order chi connectivity index (χ1) is 12.3. The van der Waals surface area contributed by atoms with Crippen molar-refractivity contribution in [1.29, 1.82) is 0 Å². The molecule has 2 fully saturated rings. The molecule has 25 heavy (non-hydrogen) atoms. The Balaban J connectivity index is 1.40. The van der Waals surface area contributed by atoms with Gasteiger partial charge in [-0.15, -0.1) is 5.10 Å². The zero-order chi connectivity index (χ0) is 17.1. The van der Waals surface area contributed by atoms with E-state index in [0.29, 0.717) is 18.8 Å². The summed E-state index contributed by atoms with van der Waals surface area (Å²) in [6.45, 7) is 5.97. The highest BCUT2D eigenvalue weighted by atomic mass is 16.5. The molecule has 132 valence electrons. The SMILES string of the molecule is O=C(c1ccco1)N1CCN(c2cc(N3CCOCC3)cnn2)CC1. The van der Waals surface area contributed by atoms with Crippen molar-refractivity contribution in [2.24, 2.45) is 0 Å². The summed E-state index contributed by atoms with van der Waals surface area (Å²) in [4.78, 5) is 18.6. The van der Waals surface area contributed by atoms with Crippen LogP contribution in [0.5, 0.6) is 0 Å². The number of hydrogen-bond acceptors (Lipinski definition) is 7. The van der Waals surface area contributed by atoms with Gasteiger partial charge in [-0.05, 0) is 12.1 Å². The number of rotatable bonds is 3. The average molecular weight is 343 g/mol. The fraction of sp³-hybridized carbons (Fsp3) is 0.471. The maximum absolute atomic E-state index is 12.3. The van der Waals surface area contributed by atoms with E-state index in [1.807, 2.05) is 4.90 Å². The largest absolute Gasteiger partial charge is 0.459 e. The predicted octanol–water partition coefficient (Wildman–Crippen LogP) is 0.869. The maximum Gasteiger partial charge on any atom is 0.289 e. The van der Waals surface area contributed by atoms with Crippen molar-refractivity contribution in [3.05, 3.63) is 36.4 Å². The summed E-state index contributed by atoms with van der Waals surface area (Å²) >= 11 is 0. The van der Waals surface area contributed by atoms with Gasteiger partial charge in [0.25, 0.3) is 5.91 Å². The van der Waals surface area contributed by atoms with Gasteiger partial charge in [-0.3, -0.25) is 4.79 Å². The first-order valence-corrected chi connectivity index (χ1v) is 8.54. The molecule has 0 spiro atoms. The Bertz CT molecular complexity index is 707. The Kier molecular flexibility index (Phi) is 4.51. The van der Waals surface area contributed by atoms with Crippen LogP contribution in [0.25, 0.3) is 0 Å². The van der Waals surface area contributed by atoms with E-state index in [-0.39, 0.29) is 5.91 Å². The molecular weight excluding hydrogens is 322 g/mol. The number of anilines is 2. The lowest BCUT2D eigenvalue weighted by molar-refractivity contribution is 0.0714. The fourth-order valence-electron chi connectivity index (χ4n) is 3.19. The molecule has 0 radical (unpaired) electrons. The zero-order valence-corrected chi connectivity index (χ0v) is 14.0. The van der Waals surface area contributed by atoms with Gasteiger partial charge in [0.15, 0.2) is 11.6 Å². The highest BCUT2D eigenvalue weighted by Gasteiger charge is 2.25. The van der Waals surface area contributed by atoms with Crippen LogP contribution in [0.2, 0.25) is 0 Å². The minimum absolute atomic E-state index is 0.0576. The molecular formula is C17H21N5O3. The number of furan rings is 1. The standard InChI is InChI=1S/C17H21N5O3/c23-17(15-2-1-9-25-15)22-5-3-21(4-6-22)16-12-14(13-18-19-16)20-7-10-24-11-8-20/h1-2,9,12-13H,3-8,10-11H2. The van der Waals surface area contributed by atoms with Crippen LogP contribution < -0.4 is 9.80 Å². The molecule has 8 nitrogen and oxygen atoms in total. The molecule has 2 saturated heterocycles. The lowest BCUT2D eigenvalue weighted by Crippen LogP contribution is -2.49. The number of aromatic nitrogens is 2. The number of ether oxygens (including phenoxy) is 1. The van der Waals surface area contributed by atoms with E-state index < -0.39 is 0 Å². The normalized spacial score (nSPS) is 18.5. The Labute approximate surface area is 146 Å². The van der Waals surface area contributed by atoms with Crippen molar-refractivity contribution in [3.8, 4) is 0 Å². The van der Waals surface area contributed by atoms with Crippen LogP contribution in [-0.2, 0) is 4.74 Å². The van der Waals surface area contributed by atoms with Crippen LogP contribution in [0.15, 0.2) is 35.1 Å². The first-order valence-electron chi connectivity index (χ1n) is 8.54. The van der Waals surface area contributed by atoms with Crippen LogP contribution in [0.1, 0.15) is 10.6 Å². The molecule has 0 aliphatic carbocycles. The molecule has 4 rings (SSSR count). The highest BCUT2D eigenvalue weighted by Crippen LogP contribution is 2.21. The van der Waals surface area contributed by atoms with Gasteiger partial charge >= 0.3 is 0 Å². The Morgan fingerprint density at radius 1 is 1.04 bits per heavy atom. The van der Waals surface area contributed by atoms with Crippen LogP contribution in [-0.4, -0.2) is 73.5 Å². The number of nitrogens with zero attached hydrogens (tertiary/aromatic N) is 5. The van der Waals surface area contributed by atoms with Gasteiger partial charge < -0.3 is 23.9 Å². The van der Waals surface area contributed by atoms with E-state index in [1.165, 1.54) is 6.26 Å². The highest BCUT2D eigenvalue weighted by molar-refractivity contribution is 5.91. The fourth-order valence-corrected chi connectivity index (χ4v) is 3.19. The van der Waals surface area contributed by atoms with Gasteiger partial charge in [-0.1, -0.05) is 0 Å². The molecule has 2 aliphatic rings. The van der Waals surface area contributed by atoms with E-state index in [4.69, 9.17) is 9.15 Å². The first kappa shape index (κ1) is 15.9. The lowest BCUT2D eigenvalue weighted by Gasteiger charge is -2.35. The third-order valence-corrected chi connectivity index (χ3v) is 4.63. The van der Waals surface area contributed by atoms with Crippen molar-refractivity contribution in [2.45, 2.75) is 0 Å². The van der Waals surface area contributed by atoms with E-state index in [1.54, 1.807) is 18.3 Å². The second-order valence-electron chi connectivity index (χ2n) is 6.13. The molecule has 0 N–H and O–H groups in total. The summed E-state index contributed by atoms with van der Waals surface area (Å²) in [7, 11) is 0. The van der Waals surface area contributed by atoms with Crippen molar-refractivity contribution in [3.63, 3.8) is 0 Å². The molecule has 0 atom stereocenters. The molecule has 2 aromatic heterocycles. The molecule has 0 unspecified atom stereocenters. The van der Waals surface area contributed by atoms with Crippen LogP contribution in [0, 0.1) is 0 Å². The van der Waals surface area contributed by atoms with Crippen molar-refractivity contribution >= 4 is 17.4 Å². The zero-order valence-electron chi connectivity index (χ0n) is 14.0. The van der Waals surface area contributed by atoms with Crippen LogP contribution in [0.3, 0.4) is 0 Å². The van der Waals surface area contributed by atoms with Gasteiger partial charge in [0, 0.05) is 45.3 Å². The van der Waals surface area contributed by atoms with Crippen LogP contribution >= 0.6 is 0 Å². The molecule has 4 heterocycles. The molecule has 1 amide bonds. The Hall–Kier alpha value is -2.61. The van der Waals surface area contributed by atoms with Gasteiger partial charge in [-0.2, -0.15) is 5.10 Å². The molecule has 0 bridgehead atoms. The molecule has 8 heteroatoms. The monoisotopic (exact) mass is 343 g/mol. The third kappa shape index (κ3) is 3.43. The third-order valence-electron chi connectivity index (χ3n) is 4.63. The topological polar surface area (TPSA) is 74.9 Å². The summed E-state index contributed by atoms with van der Waals surface area (Å²) in [6.07, 6.45) is 3.32.